The summed E-state index contributed by atoms with van der Waals surface area (Å²) < 4.78 is 56.0. The minimum Gasteiger partial charge on any atom is -0.356 e. The van der Waals surface area contributed by atoms with Gasteiger partial charge in [-0.15, -0.1) is 5.10 Å². The van der Waals surface area contributed by atoms with Crippen LogP contribution in [0.15, 0.2) is 47.9 Å². The summed E-state index contributed by atoms with van der Waals surface area (Å²) in [5.74, 6) is -1.26. The molecule has 2 aliphatic carbocycles. The molecule has 1 saturated carbocycles. The van der Waals surface area contributed by atoms with Crippen molar-refractivity contribution in [2.45, 2.75) is 77.3 Å². The number of nitrogens with zero attached hydrogens (tertiary/aromatic N) is 5. The molecule has 3 atom stereocenters. The van der Waals surface area contributed by atoms with Gasteiger partial charge in [0.15, 0.2) is 6.29 Å². The zero-order valence-corrected chi connectivity index (χ0v) is 25.3. The fourth-order valence-electron chi connectivity index (χ4n) is 6.37. The van der Waals surface area contributed by atoms with E-state index in [0.29, 0.717) is 11.3 Å². The molecule has 3 aromatic rings. The van der Waals surface area contributed by atoms with Gasteiger partial charge in [-0.3, -0.25) is 9.98 Å². The van der Waals surface area contributed by atoms with Crippen LogP contribution in [-0.4, -0.2) is 46.3 Å². The molecule has 2 N–H and O–H groups in total. The Morgan fingerprint density at radius 3 is 2.45 bits per heavy atom. The Kier molecular flexibility index (Phi) is 7.73. The zero-order valence-electron chi connectivity index (χ0n) is 24.5. The minimum atomic E-state index is -3.51. The third-order valence-corrected chi connectivity index (χ3v) is 10.4. The van der Waals surface area contributed by atoms with E-state index in [1.165, 1.54) is 18.2 Å². The van der Waals surface area contributed by atoms with Crippen LogP contribution >= 0.6 is 0 Å². The lowest BCUT2D eigenvalue weighted by Crippen LogP contribution is -2.45. The van der Waals surface area contributed by atoms with Crippen molar-refractivity contribution in [2.75, 3.05) is 0 Å². The Labute approximate surface area is 246 Å². The van der Waals surface area contributed by atoms with Gasteiger partial charge in [0.1, 0.15) is 11.6 Å². The summed E-state index contributed by atoms with van der Waals surface area (Å²) in [4.78, 5) is 13.8. The number of rotatable bonds is 6. The van der Waals surface area contributed by atoms with Crippen molar-refractivity contribution in [2.24, 2.45) is 10.4 Å². The molecule has 2 bridgehead atoms. The van der Waals surface area contributed by atoms with Crippen LogP contribution in [0.1, 0.15) is 84.4 Å². The molecule has 6 rings (SSSR count). The average Bonchev–Trinajstić information content (AvgIpc) is 3.35. The molecular weight excluding hydrogens is 560 g/mol. The van der Waals surface area contributed by atoms with Gasteiger partial charge < -0.3 is 5.32 Å². The van der Waals surface area contributed by atoms with Gasteiger partial charge in [0, 0.05) is 25.6 Å². The number of nitrogens with one attached hydrogen (secondary N) is 2. The van der Waals surface area contributed by atoms with Crippen molar-refractivity contribution in [1.82, 2.24) is 30.2 Å². The molecule has 0 saturated heterocycles. The number of aliphatic imine (C=N–C) groups is 1. The largest absolute Gasteiger partial charge is 0.356 e. The second-order valence-corrected chi connectivity index (χ2v) is 13.6. The van der Waals surface area contributed by atoms with Crippen LogP contribution in [0.25, 0.3) is 16.8 Å². The first-order valence-corrected chi connectivity index (χ1v) is 15.7. The SMILES string of the molecule is CC.CC(C)S(=O)(=O)NC1N=CC(c2cncc([C@@]34CC[C@@H](c5cc(-c6c(F)cccc6F)nnc53)C4(C)C)n2)=CN1.[HH]. The second-order valence-electron chi connectivity index (χ2n) is 11.3. The highest BCUT2D eigenvalue weighted by molar-refractivity contribution is 7.90. The molecule has 1 unspecified atom stereocenters. The molecule has 224 valence electrons. The maximum atomic E-state index is 14.5. The van der Waals surface area contributed by atoms with Crippen molar-refractivity contribution in [3.05, 3.63) is 77.1 Å². The monoisotopic (exact) mass is 597 g/mol. The van der Waals surface area contributed by atoms with E-state index in [2.05, 4.69) is 44.1 Å². The Morgan fingerprint density at radius 2 is 1.81 bits per heavy atom. The van der Waals surface area contributed by atoms with Crippen LogP contribution in [0, 0.1) is 17.0 Å². The number of hydrogen-bond donors (Lipinski definition) is 2. The van der Waals surface area contributed by atoms with Crippen LogP contribution in [0.4, 0.5) is 8.78 Å². The second kappa shape index (κ2) is 10.9. The Balaban J connectivity index is 0.00000138. The molecule has 0 radical (unpaired) electrons. The zero-order chi connectivity index (χ0) is 30.4. The molecule has 2 aromatic heterocycles. The standard InChI is InChI=1S/C28H29F2N7O2S.C2H6.H2/c1-15(2)40(38,39)37-26-32-11-16(12-33-26)22-13-31-14-23(34-22)28-9-8-18(27(28,3)4)17-10-21(35-36-25(17)28)24-19(29)6-5-7-20(24)30;1-2;/h5-7,10-15,18,26,32,37H,8-9H2,1-4H3;1-2H3;1H/t18-,26?,28-;;/m0../s1. The quantitative estimate of drug-likeness (QED) is 0.395. The molecule has 3 heterocycles. The molecule has 3 aliphatic rings. The summed E-state index contributed by atoms with van der Waals surface area (Å²) in [6.45, 7) is 11.5. The molecule has 9 nitrogen and oxygen atoms in total. The molecular formula is C30H37F2N7O2S. The van der Waals surface area contributed by atoms with Crippen molar-refractivity contribution in [3.8, 4) is 11.3 Å². The average molecular weight is 598 g/mol. The van der Waals surface area contributed by atoms with Crippen molar-refractivity contribution in [3.63, 3.8) is 0 Å². The number of benzene rings is 1. The number of sulfonamides is 1. The summed E-state index contributed by atoms with van der Waals surface area (Å²) in [7, 11) is -3.51. The topological polar surface area (TPSA) is 122 Å². The predicted octanol–water partition coefficient (Wildman–Crippen LogP) is 5.31. The van der Waals surface area contributed by atoms with Crippen LogP contribution in [0.3, 0.4) is 0 Å². The third-order valence-electron chi connectivity index (χ3n) is 8.62. The molecule has 0 amide bonds. The smallest absolute Gasteiger partial charge is 0.217 e. The lowest BCUT2D eigenvalue weighted by molar-refractivity contribution is 0.242. The highest BCUT2D eigenvalue weighted by Gasteiger charge is 2.65. The summed E-state index contributed by atoms with van der Waals surface area (Å²) in [5, 5.41) is 11.2. The highest BCUT2D eigenvalue weighted by atomic mass is 32.2. The van der Waals surface area contributed by atoms with Crippen molar-refractivity contribution >= 4 is 21.8 Å². The van der Waals surface area contributed by atoms with E-state index in [1.807, 2.05) is 13.8 Å². The van der Waals surface area contributed by atoms with Crippen LogP contribution in [0.5, 0.6) is 0 Å². The lowest BCUT2D eigenvalue weighted by atomic mass is 9.66. The predicted molar refractivity (Wildman–Crippen MR) is 160 cm³/mol. The molecule has 12 heteroatoms. The van der Waals surface area contributed by atoms with Gasteiger partial charge in [-0.25, -0.2) is 22.2 Å². The van der Waals surface area contributed by atoms with Gasteiger partial charge >= 0.3 is 0 Å². The lowest BCUT2D eigenvalue weighted by Gasteiger charge is -2.37. The molecule has 42 heavy (non-hydrogen) atoms. The number of hydrogen-bond acceptors (Lipinski definition) is 8. The maximum absolute atomic E-state index is 14.5. The first-order chi connectivity index (χ1) is 20.0. The number of halogens is 2. The minimum absolute atomic E-state index is 0. The van der Waals surface area contributed by atoms with E-state index < -0.39 is 38.6 Å². The van der Waals surface area contributed by atoms with Gasteiger partial charge in [-0.2, -0.15) is 9.82 Å². The van der Waals surface area contributed by atoms with E-state index in [4.69, 9.17) is 4.98 Å². The summed E-state index contributed by atoms with van der Waals surface area (Å²) in [5.41, 5.74) is 2.72. The summed E-state index contributed by atoms with van der Waals surface area (Å²) >= 11 is 0. The fraction of sp³-hybridized carbons (Fsp3) is 0.433. The number of aromatic nitrogens is 4. The molecule has 1 fully saturated rings. The highest BCUT2D eigenvalue weighted by Crippen LogP contribution is 2.69. The van der Waals surface area contributed by atoms with Gasteiger partial charge in [-0.05, 0) is 61.8 Å². The first-order valence-electron chi connectivity index (χ1n) is 14.1. The number of fused-ring (bicyclic) bond motifs is 5. The van der Waals surface area contributed by atoms with E-state index in [1.54, 1.807) is 44.7 Å². The third kappa shape index (κ3) is 4.60. The van der Waals surface area contributed by atoms with Gasteiger partial charge in [0.05, 0.1) is 45.2 Å². The summed E-state index contributed by atoms with van der Waals surface area (Å²) in [6, 6.07) is 5.52. The van der Waals surface area contributed by atoms with E-state index in [-0.39, 0.29) is 24.0 Å². The Bertz CT molecular complexity index is 1680. The van der Waals surface area contributed by atoms with Crippen LogP contribution in [-0.2, 0) is 15.4 Å². The molecule has 1 aromatic carbocycles. The van der Waals surface area contributed by atoms with E-state index >= 15 is 0 Å². The Hall–Kier alpha value is -3.64. The van der Waals surface area contributed by atoms with E-state index in [0.717, 1.165) is 29.8 Å². The Morgan fingerprint density at radius 1 is 1.10 bits per heavy atom. The first kappa shape index (κ1) is 29.8. The van der Waals surface area contributed by atoms with E-state index in [9.17, 15) is 17.2 Å². The van der Waals surface area contributed by atoms with Gasteiger partial charge in [0.2, 0.25) is 10.0 Å². The van der Waals surface area contributed by atoms with Crippen LogP contribution in [0.2, 0.25) is 0 Å². The van der Waals surface area contributed by atoms with Crippen LogP contribution < -0.4 is 10.0 Å². The molecule has 1 aliphatic heterocycles. The number of allylic oxidation sites excluding steroid dienone is 1. The fourth-order valence-corrected chi connectivity index (χ4v) is 7.08. The molecule has 0 spiro atoms. The van der Waals surface area contributed by atoms with Crippen molar-refractivity contribution in [1.29, 1.82) is 0 Å². The normalized spacial score (nSPS) is 23.6. The van der Waals surface area contributed by atoms with Crippen molar-refractivity contribution < 1.29 is 18.6 Å². The summed E-state index contributed by atoms with van der Waals surface area (Å²) in [6.07, 6.45) is 7.42. The van der Waals surface area contributed by atoms with Gasteiger partial charge in [-0.1, -0.05) is 33.8 Å². The maximum Gasteiger partial charge on any atom is 0.217 e. The van der Waals surface area contributed by atoms with Gasteiger partial charge in [0.25, 0.3) is 0 Å².